The number of benzene rings is 1. The molecule has 0 heterocycles. The van der Waals surface area contributed by atoms with Crippen LogP contribution >= 0.6 is 0 Å². The molecule has 98 valence electrons. The molecule has 0 bridgehead atoms. The second kappa shape index (κ2) is 6.73. The zero-order valence-electron chi connectivity index (χ0n) is 10.2. The van der Waals surface area contributed by atoms with E-state index < -0.39 is 11.9 Å². The lowest BCUT2D eigenvalue weighted by atomic mass is 10.1. The van der Waals surface area contributed by atoms with Gasteiger partial charge in [-0.2, -0.15) is 0 Å². The lowest BCUT2D eigenvalue weighted by Crippen LogP contribution is -2.43. The summed E-state index contributed by atoms with van der Waals surface area (Å²) in [7, 11) is 1.48. The molecule has 0 fully saturated rings. The molecule has 2 amide bonds. The lowest BCUT2D eigenvalue weighted by Gasteiger charge is -2.11. The van der Waals surface area contributed by atoms with E-state index in [1.165, 1.54) is 7.11 Å². The second-order valence-corrected chi connectivity index (χ2v) is 3.84. The molecule has 1 rings (SSSR count). The van der Waals surface area contributed by atoms with E-state index in [2.05, 4.69) is 5.32 Å². The van der Waals surface area contributed by atoms with Gasteiger partial charge >= 0.3 is 0 Å². The molecule has 0 aliphatic heterocycles. The van der Waals surface area contributed by atoms with Gasteiger partial charge in [0.25, 0.3) is 0 Å². The number of carbonyl (C=O) groups excluding carboxylic acids is 2. The second-order valence-electron chi connectivity index (χ2n) is 3.84. The molecule has 1 unspecified atom stereocenters. The molecule has 18 heavy (non-hydrogen) atoms. The van der Waals surface area contributed by atoms with Crippen molar-refractivity contribution >= 4 is 11.8 Å². The highest BCUT2D eigenvalue weighted by atomic mass is 16.5. The van der Waals surface area contributed by atoms with Gasteiger partial charge in [0.1, 0.15) is 6.04 Å². The van der Waals surface area contributed by atoms with Crippen molar-refractivity contribution in [1.82, 2.24) is 5.32 Å². The van der Waals surface area contributed by atoms with Gasteiger partial charge in [0, 0.05) is 19.2 Å². The SMILES string of the molecule is COCC(N)C(=O)NCc1cccc(C(N)=O)c1. The zero-order chi connectivity index (χ0) is 13.5. The minimum absolute atomic E-state index is 0.160. The molecule has 0 saturated heterocycles. The number of rotatable bonds is 6. The highest BCUT2D eigenvalue weighted by Gasteiger charge is 2.12. The molecular formula is C12H17N3O3. The number of primary amides is 1. The maximum atomic E-state index is 11.5. The molecule has 0 aliphatic rings. The normalized spacial score (nSPS) is 11.9. The van der Waals surface area contributed by atoms with Crippen LogP contribution in [0.1, 0.15) is 15.9 Å². The zero-order valence-corrected chi connectivity index (χ0v) is 10.2. The topological polar surface area (TPSA) is 107 Å². The van der Waals surface area contributed by atoms with Crippen LogP contribution in [0.25, 0.3) is 0 Å². The highest BCUT2D eigenvalue weighted by molar-refractivity contribution is 5.92. The van der Waals surface area contributed by atoms with E-state index in [1.807, 2.05) is 0 Å². The van der Waals surface area contributed by atoms with Gasteiger partial charge in [-0.25, -0.2) is 0 Å². The van der Waals surface area contributed by atoms with E-state index in [9.17, 15) is 9.59 Å². The van der Waals surface area contributed by atoms with E-state index in [0.29, 0.717) is 5.56 Å². The van der Waals surface area contributed by atoms with Crippen molar-refractivity contribution in [2.45, 2.75) is 12.6 Å². The fourth-order valence-corrected chi connectivity index (χ4v) is 1.41. The summed E-state index contributed by atoms with van der Waals surface area (Å²) >= 11 is 0. The largest absolute Gasteiger partial charge is 0.383 e. The van der Waals surface area contributed by atoms with Gasteiger partial charge in [-0.05, 0) is 17.7 Å². The van der Waals surface area contributed by atoms with Crippen molar-refractivity contribution in [2.24, 2.45) is 11.5 Å². The molecule has 1 atom stereocenters. The summed E-state index contributed by atoms with van der Waals surface area (Å²) < 4.78 is 4.78. The summed E-state index contributed by atoms with van der Waals surface area (Å²) in [6.07, 6.45) is 0. The van der Waals surface area contributed by atoms with Crippen LogP contribution < -0.4 is 16.8 Å². The molecule has 0 aromatic heterocycles. The Morgan fingerprint density at radius 2 is 2.17 bits per heavy atom. The summed E-state index contributed by atoms with van der Waals surface area (Å²) in [5.74, 6) is -0.805. The Bertz CT molecular complexity index is 434. The Morgan fingerprint density at radius 1 is 1.44 bits per heavy atom. The summed E-state index contributed by atoms with van der Waals surface area (Å²) in [5.41, 5.74) is 11.9. The van der Waals surface area contributed by atoms with Crippen LogP contribution in [-0.2, 0) is 16.1 Å². The van der Waals surface area contributed by atoms with E-state index in [4.69, 9.17) is 16.2 Å². The van der Waals surface area contributed by atoms with E-state index in [0.717, 1.165) is 5.56 Å². The number of nitrogens with two attached hydrogens (primary N) is 2. The molecule has 0 aliphatic carbocycles. The predicted molar refractivity (Wildman–Crippen MR) is 66.7 cm³/mol. The average molecular weight is 251 g/mol. The molecule has 0 radical (unpaired) electrons. The fraction of sp³-hybridized carbons (Fsp3) is 0.333. The van der Waals surface area contributed by atoms with Crippen LogP contribution in [0, 0.1) is 0 Å². The molecule has 6 nitrogen and oxygen atoms in total. The molecule has 1 aromatic rings. The van der Waals surface area contributed by atoms with Crippen molar-refractivity contribution in [3.05, 3.63) is 35.4 Å². The van der Waals surface area contributed by atoms with Crippen LogP contribution in [0.15, 0.2) is 24.3 Å². The molecule has 0 saturated carbocycles. The first-order valence-electron chi connectivity index (χ1n) is 5.45. The van der Waals surface area contributed by atoms with E-state index in [1.54, 1.807) is 24.3 Å². The Balaban J connectivity index is 2.55. The van der Waals surface area contributed by atoms with Crippen LogP contribution in [0.5, 0.6) is 0 Å². The molecule has 6 heteroatoms. The smallest absolute Gasteiger partial charge is 0.248 e. The first-order chi connectivity index (χ1) is 8.54. The maximum absolute atomic E-state index is 11.5. The number of carbonyl (C=O) groups is 2. The average Bonchev–Trinajstić information content (AvgIpc) is 2.36. The third-order valence-electron chi connectivity index (χ3n) is 2.36. The van der Waals surface area contributed by atoms with Gasteiger partial charge in [0.15, 0.2) is 0 Å². The third-order valence-corrected chi connectivity index (χ3v) is 2.36. The van der Waals surface area contributed by atoms with Crippen molar-refractivity contribution in [2.75, 3.05) is 13.7 Å². The standard InChI is InChI=1S/C12H17N3O3/c1-18-7-10(13)12(17)15-6-8-3-2-4-9(5-8)11(14)16/h2-5,10H,6-7,13H2,1H3,(H2,14,16)(H,15,17). The van der Waals surface area contributed by atoms with Crippen molar-refractivity contribution in [1.29, 1.82) is 0 Å². The van der Waals surface area contributed by atoms with Crippen LogP contribution in [0.3, 0.4) is 0 Å². The first kappa shape index (κ1) is 14.1. The van der Waals surface area contributed by atoms with Crippen molar-refractivity contribution in [3.8, 4) is 0 Å². The number of amides is 2. The summed E-state index contributed by atoms with van der Waals surface area (Å²) in [5, 5.41) is 2.65. The fourth-order valence-electron chi connectivity index (χ4n) is 1.41. The van der Waals surface area contributed by atoms with E-state index in [-0.39, 0.29) is 19.1 Å². The van der Waals surface area contributed by atoms with Gasteiger partial charge in [-0.3, -0.25) is 9.59 Å². The number of hydrogen-bond donors (Lipinski definition) is 3. The minimum atomic E-state index is -0.700. The minimum Gasteiger partial charge on any atom is -0.383 e. The lowest BCUT2D eigenvalue weighted by molar-refractivity contribution is -0.123. The molecule has 5 N–H and O–H groups in total. The number of methoxy groups -OCH3 is 1. The predicted octanol–water partition coefficient (Wildman–Crippen LogP) is -0.625. The third kappa shape index (κ3) is 4.15. The van der Waals surface area contributed by atoms with Crippen LogP contribution in [-0.4, -0.2) is 31.6 Å². The summed E-state index contributed by atoms with van der Waals surface area (Å²) in [6, 6.07) is 6.04. The molecule has 1 aromatic carbocycles. The number of nitrogens with one attached hydrogen (secondary N) is 1. The molecule has 0 spiro atoms. The number of ether oxygens (including phenoxy) is 1. The van der Waals surface area contributed by atoms with Gasteiger partial charge in [0.2, 0.25) is 11.8 Å². The Labute approximate surface area is 105 Å². The van der Waals surface area contributed by atoms with E-state index >= 15 is 0 Å². The van der Waals surface area contributed by atoms with Crippen LogP contribution in [0.4, 0.5) is 0 Å². The maximum Gasteiger partial charge on any atom is 0.248 e. The Hall–Kier alpha value is -1.92. The van der Waals surface area contributed by atoms with Gasteiger partial charge < -0.3 is 21.5 Å². The summed E-state index contributed by atoms with van der Waals surface area (Å²) in [4.78, 5) is 22.5. The molecular weight excluding hydrogens is 234 g/mol. The highest BCUT2D eigenvalue weighted by Crippen LogP contribution is 2.04. The van der Waals surface area contributed by atoms with Crippen molar-refractivity contribution < 1.29 is 14.3 Å². The van der Waals surface area contributed by atoms with Crippen LogP contribution in [0.2, 0.25) is 0 Å². The van der Waals surface area contributed by atoms with Gasteiger partial charge in [0.05, 0.1) is 6.61 Å². The van der Waals surface area contributed by atoms with Crippen molar-refractivity contribution in [3.63, 3.8) is 0 Å². The Morgan fingerprint density at radius 3 is 2.78 bits per heavy atom. The first-order valence-corrected chi connectivity index (χ1v) is 5.45. The summed E-state index contributed by atoms with van der Waals surface area (Å²) in [6.45, 7) is 0.449. The van der Waals surface area contributed by atoms with Gasteiger partial charge in [-0.1, -0.05) is 12.1 Å². The van der Waals surface area contributed by atoms with Gasteiger partial charge in [-0.15, -0.1) is 0 Å². The number of hydrogen-bond acceptors (Lipinski definition) is 4. The monoisotopic (exact) mass is 251 g/mol. The Kier molecular flexibility index (Phi) is 5.29. The quantitative estimate of drug-likeness (QED) is 0.626.